The number of nitro groups is 1. The smallest absolute Gasteiger partial charge is 0.258 e. The maximum Gasteiger partial charge on any atom is 0.270 e. The second kappa shape index (κ2) is 7.12. The monoisotopic (exact) mass is 381 g/mol. The molecular weight excluding hydrogens is 369 g/mol. The Bertz CT molecular complexity index is 1130. The van der Waals surface area contributed by atoms with Gasteiger partial charge in [0.1, 0.15) is 5.82 Å². The highest BCUT2D eigenvalue weighted by molar-refractivity contribution is 7.98. The molecule has 2 heterocycles. The minimum atomic E-state index is -0.440. The van der Waals surface area contributed by atoms with Gasteiger partial charge in [-0.05, 0) is 29.8 Å². The molecule has 7 nitrogen and oxygen atoms in total. The Morgan fingerprint density at radius 1 is 1.07 bits per heavy atom. The number of hydrogen-bond donors (Lipinski definition) is 0. The first-order valence-corrected chi connectivity index (χ1v) is 8.93. The first-order valence-electron chi connectivity index (χ1n) is 7.95. The van der Waals surface area contributed by atoms with Crippen LogP contribution >= 0.6 is 11.8 Å². The number of thioether (sulfide) groups is 1. The van der Waals surface area contributed by atoms with Crippen LogP contribution in [0.1, 0.15) is 5.56 Å². The number of hydrogen-bond acceptors (Lipinski definition) is 6. The van der Waals surface area contributed by atoms with Crippen molar-refractivity contribution in [2.45, 2.75) is 10.9 Å². The van der Waals surface area contributed by atoms with Gasteiger partial charge in [-0.15, -0.1) is 10.2 Å². The highest BCUT2D eigenvalue weighted by atomic mass is 32.2. The lowest BCUT2D eigenvalue weighted by atomic mass is 10.1. The van der Waals surface area contributed by atoms with Crippen LogP contribution in [0.15, 0.2) is 65.8 Å². The van der Waals surface area contributed by atoms with E-state index in [1.165, 1.54) is 36.0 Å². The fourth-order valence-corrected chi connectivity index (χ4v) is 3.36. The largest absolute Gasteiger partial charge is 0.270 e. The molecule has 0 radical (unpaired) electrons. The van der Waals surface area contributed by atoms with E-state index in [0.717, 1.165) is 5.56 Å². The molecule has 27 heavy (non-hydrogen) atoms. The zero-order valence-corrected chi connectivity index (χ0v) is 14.6. The molecule has 4 aromatic rings. The summed E-state index contributed by atoms with van der Waals surface area (Å²) in [7, 11) is 0. The van der Waals surface area contributed by atoms with E-state index in [-0.39, 0.29) is 11.5 Å². The van der Waals surface area contributed by atoms with E-state index in [9.17, 15) is 14.5 Å². The molecule has 0 N–H and O–H groups in total. The van der Waals surface area contributed by atoms with Crippen LogP contribution in [0.4, 0.5) is 10.1 Å². The Morgan fingerprint density at radius 2 is 1.89 bits per heavy atom. The van der Waals surface area contributed by atoms with E-state index in [0.29, 0.717) is 27.8 Å². The third kappa shape index (κ3) is 3.63. The van der Waals surface area contributed by atoms with Crippen molar-refractivity contribution in [2.24, 2.45) is 0 Å². The van der Waals surface area contributed by atoms with Crippen LogP contribution < -0.4 is 0 Å². The number of nitrogens with zero attached hydrogens (tertiary/aromatic N) is 5. The predicted octanol–water partition coefficient (Wildman–Crippen LogP) is 4.13. The van der Waals surface area contributed by atoms with Gasteiger partial charge < -0.3 is 0 Å². The summed E-state index contributed by atoms with van der Waals surface area (Å²) in [4.78, 5) is 10.5. The molecule has 134 valence electrons. The second-order valence-corrected chi connectivity index (χ2v) is 6.64. The van der Waals surface area contributed by atoms with Crippen molar-refractivity contribution < 1.29 is 9.31 Å². The molecule has 2 aromatic heterocycles. The van der Waals surface area contributed by atoms with Crippen LogP contribution in [-0.4, -0.2) is 24.7 Å². The molecule has 9 heteroatoms. The average Bonchev–Trinajstić information content (AvgIpc) is 3.10. The number of rotatable bonds is 5. The van der Waals surface area contributed by atoms with Gasteiger partial charge in [-0.25, -0.2) is 4.39 Å². The molecule has 0 bridgehead atoms. The summed E-state index contributed by atoms with van der Waals surface area (Å²) < 4.78 is 14.6. The van der Waals surface area contributed by atoms with Gasteiger partial charge in [-0.1, -0.05) is 36.0 Å². The number of halogens is 1. The molecule has 0 fully saturated rings. The van der Waals surface area contributed by atoms with Crippen molar-refractivity contribution in [1.29, 1.82) is 0 Å². The van der Waals surface area contributed by atoms with Gasteiger partial charge in [0, 0.05) is 23.4 Å². The van der Waals surface area contributed by atoms with Gasteiger partial charge in [0.25, 0.3) is 5.69 Å². The Labute approximate surface area is 157 Å². The third-order valence-electron chi connectivity index (χ3n) is 3.87. The number of aromatic nitrogens is 4. The Hall–Kier alpha value is -3.33. The summed E-state index contributed by atoms with van der Waals surface area (Å²) in [5.74, 6) is 0.309. The van der Waals surface area contributed by atoms with Crippen molar-refractivity contribution in [1.82, 2.24) is 19.8 Å². The zero-order valence-electron chi connectivity index (χ0n) is 13.8. The molecule has 0 aliphatic rings. The van der Waals surface area contributed by atoms with E-state index in [2.05, 4.69) is 15.3 Å². The van der Waals surface area contributed by atoms with E-state index < -0.39 is 4.92 Å². The van der Waals surface area contributed by atoms with Crippen LogP contribution in [0.25, 0.3) is 16.9 Å². The molecule has 0 unspecified atom stereocenters. The van der Waals surface area contributed by atoms with Crippen LogP contribution in [0.3, 0.4) is 0 Å². The topological polar surface area (TPSA) is 86.2 Å². The quantitative estimate of drug-likeness (QED) is 0.293. The summed E-state index contributed by atoms with van der Waals surface area (Å²) in [6, 6.07) is 16.1. The highest BCUT2D eigenvalue weighted by Crippen LogP contribution is 2.25. The first-order chi connectivity index (χ1) is 13.1. The summed E-state index contributed by atoms with van der Waals surface area (Å²) in [6.45, 7) is 0. The molecule has 0 saturated carbocycles. The Morgan fingerprint density at radius 3 is 2.67 bits per heavy atom. The van der Waals surface area contributed by atoms with Crippen LogP contribution in [0.2, 0.25) is 0 Å². The van der Waals surface area contributed by atoms with Gasteiger partial charge >= 0.3 is 0 Å². The van der Waals surface area contributed by atoms with Gasteiger partial charge in [0.05, 0.1) is 10.6 Å². The Balaban J connectivity index is 1.64. The van der Waals surface area contributed by atoms with Gasteiger partial charge in [-0.3, -0.25) is 10.1 Å². The summed E-state index contributed by atoms with van der Waals surface area (Å²) in [5, 5.41) is 24.3. The van der Waals surface area contributed by atoms with Gasteiger partial charge in [0.15, 0.2) is 5.65 Å². The van der Waals surface area contributed by atoms with Gasteiger partial charge in [0.2, 0.25) is 5.16 Å². The van der Waals surface area contributed by atoms with Crippen molar-refractivity contribution in [3.05, 3.63) is 82.2 Å². The number of nitro benzene ring substituents is 1. The minimum Gasteiger partial charge on any atom is -0.258 e. The van der Waals surface area contributed by atoms with E-state index in [1.54, 1.807) is 40.9 Å². The molecular formula is C18H12FN5O2S. The maximum absolute atomic E-state index is 13.0. The lowest BCUT2D eigenvalue weighted by Gasteiger charge is -2.04. The highest BCUT2D eigenvalue weighted by Gasteiger charge is 2.12. The molecule has 0 saturated heterocycles. The minimum absolute atomic E-state index is 0.00376. The molecule has 0 spiro atoms. The zero-order chi connectivity index (χ0) is 18.8. The molecule has 0 atom stereocenters. The fourth-order valence-electron chi connectivity index (χ4n) is 2.52. The normalized spacial score (nSPS) is 11.0. The molecule has 0 amide bonds. The number of benzene rings is 2. The summed E-state index contributed by atoms with van der Waals surface area (Å²) in [6.07, 6.45) is 0. The first kappa shape index (κ1) is 17.1. The SMILES string of the molecule is O=[N+]([O-])c1cccc(-c2ccc3nnc(SCc4ccc(F)cc4)n3n2)c1. The van der Waals surface area contributed by atoms with Crippen molar-refractivity contribution in [3.63, 3.8) is 0 Å². The molecule has 0 aliphatic carbocycles. The number of fused-ring (bicyclic) bond motifs is 1. The van der Waals surface area contributed by atoms with E-state index in [4.69, 9.17) is 0 Å². The number of non-ortho nitro benzene ring substituents is 1. The van der Waals surface area contributed by atoms with Crippen molar-refractivity contribution in [3.8, 4) is 11.3 Å². The maximum atomic E-state index is 13.0. The van der Waals surface area contributed by atoms with Crippen molar-refractivity contribution >= 4 is 23.1 Å². The molecule has 4 rings (SSSR count). The summed E-state index contributed by atoms with van der Waals surface area (Å²) >= 11 is 1.42. The Kier molecular flexibility index (Phi) is 4.51. The van der Waals surface area contributed by atoms with Gasteiger partial charge in [-0.2, -0.15) is 9.61 Å². The lowest BCUT2D eigenvalue weighted by Crippen LogP contribution is -1.97. The van der Waals surface area contributed by atoms with Crippen molar-refractivity contribution in [2.75, 3.05) is 0 Å². The molecule has 0 aliphatic heterocycles. The predicted molar refractivity (Wildman–Crippen MR) is 98.8 cm³/mol. The van der Waals surface area contributed by atoms with Crippen LogP contribution in [0.5, 0.6) is 0 Å². The average molecular weight is 381 g/mol. The van der Waals surface area contributed by atoms with E-state index in [1.807, 2.05) is 0 Å². The summed E-state index contributed by atoms with van der Waals surface area (Å²) in [5.41, 5.74) is 2.74. The lowest BCUT2D eigenvalue weighted by molar-refractivity contribution is -0.384. The standard InChI is InChI=1S/C18H12FN5O2S/c19-14-6-4-12(5-7-14)11-27-18-21-20-17-9-8-16(22-23(17)18)13-2-1-3-15(10-13)24(25)26/h1-10H,11H2. The third-order valence-corrected chi connectivity index (χ3v) is 4.86. The van der Waals surface area contributed by atoms with Crippen LogP contribution in [0, 0.1) is 15.9 Å². The molecule has 2 aromatic carbocycles. The fraction of sp³-hybridized carbons (Fsp3) is 0.0556. The second-order valence-electron chi connectivity index (χ2n) is 5.69. The van der Waals surface area contributed by atoms with E-state index >= 15 is 0 Å². The van der Waals surface area contributed by atoms with Crippen LogP contribution in [-0.2, 0) is 5.75 Å².